The number of allylic oxidation sites excluding steroid dienone is 2. The van der Waals surface area contributed by atoms with Crippen LogP contribution in [0.1, 0.15) is 54.4 Å². The zero-order chi connectivity index (χ0) is 25.6. The van der Waals surface area contributed by atoms with Crippen LogP contribution >= 0.6 is 0 Å². The molecule has 3 rings (SSSR count). The average molecular weight is 479 g/mol. The maximum absolute atomic E-state index is 12.8. The van der Waals surface area contributed by atoms with Crippen LogP contribution in [0.4, 0.5) is 0 Å². The smallest absolute Gasteiger partial charge is 0.334 e. The normalized spacial score (nSPS) is 40.6. The van der Waals surface area contributed by atoms with E-state index in [1.165, 1.54) is 6.92 Å². The van der Waals surface area contributed by atoms with Crippen molar-refractivity contribution in [2.24, 2.45) is 11.8 Å². The molecule has 3 aliphatic heterocycles. The van der Waals surface area contributed by atoms with Crippen molar-refractivity contribution in [2.75, 3.05) is 0 Å². The molecule has 0 aliphatic carbocycles. The van der Waals surface area contributed by atoms with Crippen LogP contribution in [-0.2, 0) is 33.3 Å². The Bertz CT molecular complexity index is 946. The number of fused-ring (bicyclic) bond motifs is 3. The van der Waals surface area contributed by atoms with Crippen molar-refractivity contribution in [3.8, 4) is 0 Å². The fourth-order valence-corrected chi connectivity index (χ4v) is 4.87. The Labute approximate surface area is 199 Å². The van der Waals surface area contributed by atoms with Crippen molar-refractivity contribution in [2.45, 2.75) is 90.2 Å². The monoisotopic (exact) mass is 478 g/mol. The second-order valence-electron chi connectivity index (χ2n) is 9.71. The molecule has 34 heavy (non-hydrogen) atoms. The maximum atomic E-state index is 12.8. The molecule has 9 nitrogen and oxygen atoms in total. The first kappa shape index (κ1) is 26.1. The molecular formula is C25H34O9. The molecule has 2 N–H and O–H groups in total. The third-order valence-corrected chi connectivity index (χ3v) is 7.20. The lowest BCUT2D eigenvalue weighted by Crippen LogP contribution is -2.58. The van der Waals surface area contributed by atoms with Crippen LogP contribution in [0, 0.1) is 11.8 Å². The largest absolute Gasteiger partial charge is 0.454 e. The van der Waals surface area contributed by atoms with Gasteiger partial charge in [-0.15, -0.1) is 0 Å². The summed E-state index contributed by atoms with van der Waals surface area (Å²) in [6.45, 7) is 13.5. The zero-order valence-corrected chi connectivity index (χ0v) is 20.5. The Morgan fingerprint density at radius 1 is 1.09 bits per heavy atom. The number of esters is 3. The van der Waals surface area contributed by atoms with Gasteiger partial charge in [-0.1, -0.05) is 25.7 Å². The molecule has 3 saturated heterocycles. The van der Waals surface area contributed by atoms with E-state index < -0.39 is 65.5 Å². The Kier molecular flexibility index (Phi) is 7.13. The zero-order valence-electron chi connectivity index (χ0n) is 20.5. The summed E-state index contributed by atoms with van der Waals surface area (Å²) in [5.41, 5.74) is -1.19. The summed E-state index contributed by atoms with van der Waals surface area (Å²) in [6.07, 6.45) is -1.21. The summed E-state index contributed by atoms with van der Waals surface area (Å²) >= 11 is 0. The van der Waals surface area contributed by atoms with E-state index in [1.807, 2.05) is 0 Å². The quantitative estimate of drug-likeness (QED) is 0.355. The van der Waals surface area contributed by atoms with Gasteiger partial charge in [-0.25, -0.2) is 14.4 Å². The number of rotatable bonds is 4. The second-order valence-corrected chi connectivity index (χ2v) is 9.71. The van der Waals surface area contributed by atoms with Gasteiger partial charge in [0.25, 0.3) is 0 Å². The minimum atomic E-state index is -1.98. The molecule has 0 spiro atoms. The molecule has 3 fully saturated rings. The van der Waals surface area contributed by atoms with Crippen LogP contribution in [0.3, 0.4) is 0 Å². The fourth-order valence-electron chi connectivity index (χ4n) is 4.87. The fraction of sp³-hybridized carbons (Fsp3) is 0.640. The van der Waals surface area contributed by atoms with Crippen molar-refractivity contribution in [3.05, 3.63) is 35.5 Å². The summed E-state index contributed by atoms with van der Waals surface area (Å²) in [6, 6.07) is 0. The lowest BCUT2D eigenvalue weighted by Gasteiger charge is -2.41. The topological polar surface area (TPSA) is 129 Å². The Balaban J connectivity index is 2.17. The summed E-state index contributed by atoms with van der Waals surface area (Å²) in [5.74, 6) is -5.84. The van der Waals surface area contributed by atoms with Gasteiger partial charge in [0.05, 0.1) is 12.0 Å². The molecule has 0 aromatic heterocycles. The van der Waals surface area contributed by atoms with Crippen LogP contribution in [0.15, 0.2) is 35.5 Å². The van der Waals surface area contributed by atoms with Crippen molar-refractivity contribution in [3.63, 3.8) is 0 Å². The maximum Gasteiger partial charge on any atom is 0.334 e. The van der Waals surface area contributed by atoms with Gasteiger partial charge in [-0.3, -0.25) is 0 Å². The van der Waals surface area contributed by atoms with E-state index in [4.69, 9.17) is 18.9 Å². The third-order valence-electron chi connectivity index (χ3n) is 7.20. The first-order chi connectivity index (χ1) is 15.8. The number of carbonyl (C=O) groups is 3. The Morgan fingerprint density at radius 3 is 2.15 bits per heavy atom. The van der Waals surface area contributed by atoms with E-state index in [-0.39, 0.29) is 17.6 Å². The van der Waals surface area contributed by atoms with Crippen LogP contribution in [0.5, 0.6) is 0 Å². The average Bonchev–Trinajstić information content (AvgIpc) is 3.22. The molecule has 2 bridgehead atoms. The standard InChI is InChI=1S/C25H34O9/c1-8-12(3)21(26)32-19-17-15(6)23(28)31-18(17)20(33-22(27)13(4)9-2)24(7,29)11-16-10-14(5)25(19,30)34-16/h8-9,14,16-20,29-30H,6,10-11H2,1-5,7H3/t14-,16-,17+,18+,19-,20-,24+,25+/m0/s1. The van der Waals surface area contributed by atoms with Gasteiger partial charge < -0.3 is 29.2 Å². The molecule has 0 unspecified atom stereocenters. The van der Waals surface area contributed by atoms with Crippen LogP contribution in [0.25, 0.3) is 0 Å². The van der Waals surface area contributed by atoms with E-state index in [2.05, 4.69) is 6.58 Å². The van der Waals surface area contributed by atoms with Crippen LogP contribution in [0.2, 0.25) is 0 Å². The second kappa shape index (κ2) is 9.28. The van der Waals surface area contributed by atoms with E-state index in [0.29, 0.717) is 12.0 Å². The Hall–Kier alpha value is -2.49. The summed E-state index contributed by atoms with van der Waals surface area (Å²) in [7, 11) is 0. The van der Waals surface area contributed by atoms with E-state index >= 15 is 0 Å². The van der Waals surface area contributed by atoms with Gasteiger partial charge in [-0.05, 0) is 41.0 Å². The number of hydrogen-bond acceptors (Lipinski definition) is 9. The summed E-state index contributed by atoms with van der Waals surface area (Å²) in [4.78, 5) is 38.1. The lowest BCUT2D eigenvalue weighted by molar-refractivity contribution is -0.277. The highest BCUT2D eigenvalue weighted by Gasteiger charge is 2.65. The van der Waals surface area contributed by atoms with Gasteiger partial charge in [0.15, 0.2) is 18.3 Å². The summed E-state index contributed by atoms with van der Waals surface area (Å²) < 4.78 is 23.0. The number of hydrogen-bond donors (Lipinski definition) is 2. The van der Waals surface area contributed by atoms with Gasteiger partial charge in [0.1, 0.15) is 5.60 Å². The third kappa shape index (κ3) is 4.44. The van der Waals surface area contributed by atoms with Crippen molar-refractivity contribution >= 4 is 17.9 Å². The van der Waals surface area contributed by atoms with Gasteiger partial charge in [0, 0.05) is 29.1 Å². The Morgan fingerprint density at radius 2 is 1.62 bits per heavy atom. The predicted molar refractivity (Wildman–Crippen MR) is 120 cm³/mol. The molecular weight excluding hydrogens is 444 g/mol. The molecule has 0 saturated carbocycles. The van der Waals surface area contributed by atoms with E-state index in [0.717, 1.165) is 0 Å². The first-order valence-corrected chi connectivity index (χ1v) is 11.5. The first-order valence-electron chi connectivity index (χ1n) is 11.5. The predicted octanol–water partition coefficient (Wildman–Crippen LogP) is 2.11. The molecule has 3 aliphatic rings. The minimum absolute atomic E-state index is 0.0196. The highest BCUT2D eigenvalue weighted by molar-refractivity contribution is 5.92. The highest BCUT2D eigenvalue weighted by atomic mass is 16.7. The van der Waals surface area contributed by atoms with Crippen LogP contribution in [-0.4, -0.2) is 63.9 Å². The van der Waals surface area contributed by atoms with Gasteiger partial charge >= 0.3 is 17.9 Å². The van der Waals surface area contributed by atoms with Crippen molar-refractivity contribution < 1.29 is 43.5 Å². The number of ether oxygens (including phenoxy) is 4. The lowest BCUT2D eigenvalue weighted by atomic mass is 9.75. The molecule has 0 amide bonds. The van der Waals surface area contributed by atoms with E-state index in [1.54, 1.807) is 46.8 Å². The molecule has 8 atom stereocenters. The molecule has 0 aromatic rings. The van der Waals surface area contributed by atoms with Gasteiger partial charge in [-0.2, -0.15) is 0 Å². The number of aliphatic hydroxyl groups is 2. The molecule has 3 heterocycles. The van der Waals surface area contributed by atoms with Crippen molar-refractivity contribution in [1.29, 1.82) is 0 Å². The molecule has 188 valence electrons. The molecule has 0 radical (unpaired) electrons. The minimum Gasteiger partial charge on any atom is -0.454 e. The van der Waals surface area contributed by atoms with Crippen LogP contribution < -0.4 is 0 Å². The van der Waals surface area contributed by atoms with Crippen molar-refractivity contribution in [1.82, 2.24) is 0 Å². The van der Waals surface area contributed by atoms with E-state index in [9.17, 15) is 24.6 Å². The molecule has 0 aromatic carbocycles. The highest BCUT2D eigenvalue weighted by Crippen LogP contribution is 2.50. The molecule has 9 heteroatoms. The van der Waals surface area contributed by atoms with Gasteiger partial charge in [0.2, 0.25) is 5.79 Å². The summed E-state index contributed by atoms with van der Waals surface area (Å²) in [5, 5.41) is 23.1. The number of carbonyl (C=O) groups excluding carboxylic acids is 3. The SMILES string of the molecule is C=C1C(=O)O[C@@H]2[C@@H]1[C@H](OC(=O)C(C)=CC)[C@]1(O)O[C@@H](C[C@@H]1C)C[C@@](C)(O)[C@H]2OC(=O)C(C)=CC.